The minimum absolute atomic E-state index is 0.201. The van der Waals surface area contributed by atoms with Gasteiger partial charge in [-0.1, -0.05) is 18.2 Å². The number of hydrogen-bond donors (Lipinski definition) is 1. The Morgan fingerprint density at radius 1 is 1.36 bits per heavy atom. The van der Waals surface area contributed by atoms with Crippen LogP contribution in [0.15, 0.2) is 29.3 Å². The van der Waals surface area contributed by atoms with Gasteiger partial charge in [0, 0.05) is 6.54 Å². The van der Waals surface area contributed by atoms with Crippen molar-refractivity contribution in [2.24, 2.45) is 10.7 Å². The summed E-state index contributed by atoms with van der Waals surface area (Å²) in [7, 11) is 0. The monoisotopic (exact) mass is 146 g/mol. The van der Waals surface area contributed by atoms with E-state index in [4.69, 9.17) is 5.73 Å². The molecule has 2 heteroatoms. The van der Waals surface area contributed by atoms with E-state index in [1.54, 1.807) is 0 Å². The van der Waals surface area contributed by atoms with Crippen LogP contribution in [0.3, 0.4) is 0 Å². The Labute approximate surface area is 65.1 Å². The summed E-state index contributed by atoms with van der Waals surface area (Å²) >= 11 is 0. The van der Waals surface area contributed by atoms with Crippen molar-refractivity contribution >= 4 is 6.08 Å². The largest absolute Gasteiger partial charge is 0.328 e. The van der Waals surface area contributed by atoms with Gasteiger partial charge in [0.2, 0.25) is 0 Å². The zero-order chi connectivity index (χ0) is 7.68. The molecule has 2 N–H and O–H groups in total. The van der Waals surface area contributed by atoms with Crippen LogP contribution < -0.4 is 16.3 Å². The molecule has 1 unspecified atom stereocenters. The van der Waals surface area contributed by atoms with Crippen LogP contribution >= 0.6 is 0 Å². The lowest BCUT2D eigenvalue weighted by atomic mass is 10.2. The second-order valence-electron chi connectivity index (χ2n) is 2.66. The first-order valence-corrected chi connectivity index (χ1v) is 3.75. The second kappa shape index (κ2) is 2.47. The van der Waals surface area contributed by atoms with E-state index in [9.17, 15) is 0 Å². The molecular weight excluding hydrogens is 136 g/mol. The molecule has 1 aliphatic heterocycles. The molecule has 1 aromatic rings. The summed E-state index contributed by atoms with van der Waals surface area (Å²) in [6.45, 7) is 0.606. The standard InChI is InChI=1S/C9H10N2/c10-6-8-5-7-3-1-2-4-9(7)11-8/h1-5,8H,6,10H2. The van der Waals surface area contributed by atoms with Crippen LogP contribution in [0.25, 0.3) is 6.08 Å². The molecular formula is C9H10N2. The number of nitrogens with two attached hydrogens (primary N) is 1. The smallest absolute Gasteiger partial charge is 0.0819 e. The summed E-state index contributed by atoms with van der Waals surface area (Å²) in [4.78, 5) is 4.39. The molecule has 0 fully saturated rings. The second-order valence-corrected chi connectivity index (χ2v) is 2.66. The summed E-state index contributed by atoms with van der Waals surface area (Å²) in [6.07, 6.45) is 2.11. The molecule has 1 atom stereocenters. The minimum Gasteiger partial charge on any atom is -0.328 e. The summed E-state index contributed by atoms with van der Waals surface area (Å²) in [5.41, 5.74) is 5.49. The number of rotatable bonds is 1. The average Bonchev–Trinajstić information content (AvgIpc) is 2.46. The summed E-state index contributed by atoms with van der Waals surface area (Å²) in [5, 5.41) is 2.28. The van der Waals surface area contributed by atoms with E-state index in [1.165, 1.54) is 5.22 Å². The third-order valence-electron chi connectivity index (χ3n) is 1.86. The lowest BCUT2D eigenvalue weighted by Gasteiger charge is -1.94. The molecule has 1 aliphatic rings. The van der Waals surface area contributed by atoms with E-state index in [2.05, 4.69) is 17.1 Å². The fourth-order valence-electron chi connectivity index (χ4n) is 1.29. The summed E-state index contributed by atoms with van der Waals surface area (Å²) in [5.74, 6) is 0. The number of nitrogens with zero attached hydrogens (tertiary/aromatic N) is 1. The molecule has 0 bridgehead atoms. The Balaban J connectivity index is 2.61. The molecule has 0 saturated heterocycles. The van der Waals surface area contributed by atoms with Crippen LogP contribution in [0.4, 0.5) is 0 Å². The van der Waals surface area contributed by atoms with Crippen molar-refractivity contribution in [1.82, 2.24) is 0 Å². The highest BCUT2D eigenvalue weighted by Crippen LogP contribution is 1.92. The first-order valence-electron chi connectivity index (χ1n) is 3.75. The van der Waals surface area contributed by atoms with Crippen molar-refractivity contribution in [3.8, 4) is 0 Å². The maximum Gasteiger partial charge on any atom is 0.0819 e. The van der Waals surface area contributed by atoms with E-state index in [0.717, 1.165) is 5.36 Å². The molecule has 0 amide bonds. The molecule has 0 aromatic heterocycles. The van der Waals surface area contributed by atoms with Gasteiger partial charge in [0.1, 0.15) is 0 Å². The number of hydrogen-bond acceptors (Lipinski definition) is 2. The fraction of sp³-hybridized carbons (Fsp3) is 0.222. The van der Waals surface area contributed by atoms with Gasteiger partial charge in [-0.15, -0.1) is 0 Å². The van der Waals surface area contributed by atoms with E-state index in [1.807, 2.05) is 18.2 Å². The van der Waals surface area contributed by atoms with Gasteiger partial charge in [-0.2, -0.15) is 0 Å². The van der Waals surface area contributed by atoms with Crippen molar-refractivity contribution < 1.29 is 0 Å². The molecule has 56 valence electrons. The molecule has 1 aromatic carbocycles. The average molecular weight is 146 g/mol. The van der Waals surface area contributed by atoms with Crippen LogP contribution in [0, 0.1) is 0 Å². The normalized spacial score (nSPS) is 20.3. The third-order valence-corrected chi connectivity index (χ3v) is 1.86. The summed E-state index contributed by atoms with van der Waals surface area (Å²) < 4.78 is 0. The Morgan fingerprint density at radius 3 is 2.91 bits per heavy atom. The van der Waals surface area contributed by atoms with Crippen molar-refractivity contribution in [2.75, 3.05) is 6.54 Å². The molecule has 0 spiro atoms. The van der Waals surface area contributed by atoms with Crippen LogP contribution in [-0.4, -0.2) is 12.6 Å². The zero-order valence-electron chi connectivity index (χ0n) is 6.20. The zero-order valence-corrected chi connectivity index (χ0v) is 6.20. The maximum atomic E-state index is 5.49. The molecule has 0 radical (unpaired) electrons. The molecule has 0 aliphatic carbocycles. The van der Waals surface area contributed by atoms with E-state index in [-0.39, 0.29) is 6.04 Å². The Morgan fingerprint density at radius 2 is 2.18 bits per heavy atom. The molecule has 2 nitrogen and oxygen atoms in total. The van der Waals surface area contributed by atoms with Gasteiger partial charge in [0.25, 0.3) is 0 Å². The minimum atomic E-state index is 0.201. The van der Waals surface area contributed by atoms with Crippen molar-refractivity contribution in [1.29, 1.82) is 0 Å². The first kappa shape index (κ1) is 6.55. The third kappa shape index (κ3) is 1.05. The van der Waals surface area contributed by atoms with E-state index >= 15 is 0 Å². The Kier molecular flexibility index (Phi) is 1.47. The number of benzene rings is 1. The molecule has 2 rings (SSSR count). The highest BCUT2D eigenvalue weighted by Gasteiger charge is 2.03. The lowest BCUT2D eigenvalue weighted by molar-refractivity contribution is 0.851. The predicted molar refractivity (Wildman–Crippen MR) is 44.5 cm³/mol. The van der Waals surface area contributed by atoms with Crippen molar-refractivity contribution in [2.45, 2.75) is 6.04 Å². The van der Waals surface area contributed by atoms with Gasteiger partial charge in [-0.3, -0.25) is 4.99 Å². The molecule has 1 heterocycles. The van der Waals surface area contributed by atoms with E-state index < -0.39 is 0 Å². The predicted octanol–water partition coefficient (Wildman–Crippen LogP) is -0.572. The van der Waals surface area contributed by atoms with Gasteiger partial charge in [0.05, 0.1) is 11.4 Å². The molecule has 0 saturated carbocycles. The SMILES string of the molecule is NCC1C=c2ccccc2=N1. The first-order chi connectivity index (χ1) is 5.40. The van der Waals surface area contributed by atoms with Gasteiger partial charge < -0.3 is 5.73 Å². The Bertz CT molecular complexity index is 332. The highest BCUT2D eigenvalue weighted by atomic mass is 14.8. The molecule has 11 heavy (non-hydrogen) atoms. The maximum absolute atomic E-state index is 5.49. The van der Waals surface area contributed by atoms with Gasteiger partial charge in [0.15, 0.2) is 0 Å². The quantitative estimate of drug-likeness (QED) is 0.566. The van der Waals surface area contributed by atoms with Crippen LogP contribution in [-0.2, 0) is 0 Å². The van der Waals surface area contributed by atoms with Crippen molar-refractivity contribution in [3.63, 3.8) is 0 Å². The van der Waals surface area contributed by atoms with Gasteiger partial charge >= 0.3 is 0 Å². The summed E-state index contributed by atoms with van der Waals surface area (Å²) in [6, 6.07) is 8.29. The van der Waals surface area contributed by atoms with Crippen LogP contribution in [0.1, 0.15) is 0 Å². The van der Waals surface area contributed by atoms with Gasteiger partial charge in [-0.05, 0) is 17.4 Å². The van der Waals surface area contributed by atoms with Gasteiger partial charge in [-0.25, -0.2) is 0 Å². The Hall–Kier alpha value is -1.15. The van der Waals surface area contributed by atoms with Crippen LogP contribution in [0.2, 0.25) is 0 Å². The number of para-hydroxylation sites is 1. The topological polar surface area (TPSA) is 38.4 Å². The lowest BCUT2D eigenvalue weighted by Crippen LogP contribution is -2.19. The van der Waals surface area contributed by atoms with E-state index in [0.29, 0.717) is 6.54 Å². The number of fused-ring (bicyclic) bond motifs is 1. The van der Waals surface area contributed by atoms with Crippen molar-refractivity contribution in [3.05, 3.63) is 34.8 Å². The highest BCUT2D eigenvalue weighted by molar-refractivity contribution is 5.34. The fourth-order valence-corrected chi connectivity index (χ4v) is 1.29. The van der Waals surface area contributed by atoms with Crippen LogP contribution in [0.5, 0.6) is 0 Å².